The monoisotopic (exact) mass is 201 g/mol. The number of nitrogens with two attached hydrogens (primary N) is 1. The minimum absolute atomic E-state index is 0.0244. The molecule has 0 aromatic heterocycles. The summed E-state index contributed by atoms with van der Waals surface area (Å²) in [6, 6.07) is 0.0850. The topological polar surface area (TPSA) is 61.5 Å². The van der Waals surface area contributed by atoms with E-state index in [1.54, 1.807) is 0 Å². The summed E-state index contributed by atoms with van der Waals surface area (Å²) in [6.07, 6.45) is 2.99. The van der Waals surface area contributed by atoms with E-state index in [-0.39, 0.29) is 30.8 Å². The summed E-state index contributed by atoms with van der Waals surface area (Å²) >= 11 is 0. The third-order valence-electron chi connectivity index (χ3n) is 2.29. The van der Waals surface area contributed by atoms with Gasteiger partial charge in [0, 0.05) is 6.04 Å². The van der Waals surface area contributed by atoms with Crippen LogP contribution in [-0.2, 0) is 14.3 Å². The molecule has 2 unspecified atom stereocenters. The maximum absolute atomic E-state index is 11.1. The largest absolute Gasteiger partial charge is 0.461 e. The first kappa shape index (κ1) is 11.5. The lowest BCUT2D eigenvalue weighted by Gasteiger charge is -2.16. The zero-order valence-corrected chi connectivity index (χ0v) is 8.86. The fourth-order valence-corrected chi connectivity index (χ4v) is 1.63. The fourth-order valence-electron chi connectivity index (χ4n) is 1.63. The molecule has 0 amide bonds. The first-order valence-corrected chi connectivity index (χ1v) is 5.16. The van der Waals surface area contributed by atoms with E-state index in [9.17, 15) is 4.79 Å². The second kappa shape index (κ2) is 5.32. The lowest BCUT2D eigenvalue weighted by Crippen LogP contribution is -2.33. The number of hydrogen-bond acceptors (Lipinski definition) is 4. The molecule has 0 radical (unpaired) electrons. The van der Waals surface area contributed by atoms with Crippen LogP contribution in [0.1, 0.15) is 33.1 Å². The van der Waals surface area contributed by atoms with Crippen molar-refractivity contribution in [3.05, 3.63) is 0 Å². The Hall–Kier alpha value is -0.610. The van der Waals surface area contributed by atoms with Crippen molar-refractivity contribution in [2.45, 2.75) is 51.4 Å². The zero-order valence-electron chi connectivity index (χ0n) is 8.86. The molecular weight excluding hydrogens is 182 g/mol. The summed E-state index contributed by atoms with van der Waals surface area (Å²) in [6.45, 7) is 3.66. The van der Waals surface area contributed by atoms with Crippen LogP contribution in [0.15, 0.2) is 0 Å². The van der Waals surface area contributed by atoms with Gasteiger partial charge in [-0.2, -0.15) is 0 Å². The Morgan fingerprint density at radius 2 is 2.21 bits per heavy atom. The third-order valence-corrected chi connectivity index (χ3v) is 2.29. The van der Waals surface area contributed by atoms with E-state index < -0.39 is 0 Å². The molecule has 1 aliphatic carbocycles. The molecule has 2 N–H and O–H groups in total. The number of carbonyl (C=O) groups excluding carboxylic acids is 1. The van der Waals surface area contributed by atoms with Crippen LogP contribution in [0.5, 0.6) is 0 Å². The molecule has 0 aromatic carbocycles. The van der Waals surface area contributed by atoms with Gasteiger partial charge in [0.15, 0.2) is 0 Å². The third kappa shape index (κ3) is 3.64. The molecule has 0 aliphatic heterocycles. The minimum atomic E-state index is -0.306. The molecule has 1 aliphatic rings. The summed E-state index contributed by atoms with van der Waals surface area (Å²) in [5.74, 6) is -0.306. The number of ether oxygens (including phenoxy) is 2. The molecule has 1 fully saturated rings. The molecule has 4 nitrogen and oxygen atoms in total. The minimum Gasteiger partial charge on any atom is -0.461 e. The van der Waals surface area contributed by atoms with Gasteiger partial charge in [0.25, 0.3) is 0 Å². The van der Waals surface area contributed by atoms with Crippen molar-refractivity contribution < 1.29 is 14.3 Å². The predicted molar refractivity (Wildman–Crippen MR) is 52.8 cm³/mol. The highest BCUT2D eigenvalue weighted by molar-refractivity contribution is 5.70. The van der Waals surface area contributed by atoms with Gasteiger partial charge < -0.3 is 15.2 Å². The van der Waals surface area contributed by atoms with E-state index >= 15 is 0 Å². The van der Waals surface area contributed by atoms with Crippen molar-refractivity contribution in [1.29, 1.82) is 0 Å². The van der Waals surface area contributed by atoms with Crippen LogP contribution in [0.2, 0.25) is 0 Å². The fraction of sp³-hybridized carbons (Fsp3) is 0.900. The van der Waals surface area contributed by atoms with Gasteiger partial charge in [-0.1, -0.05) is 0 Å². The van der Waals surface area contributed by atoms with Gasteiger partial charge in [-0.25, -0.2) is 4.79 Å². The van der Waals surface area contributed by atoms with Crippen molar-refractivity contribution in [2.75, 3.05) is 6.61 Å². The molecule has 0 bridgehead atoms. The van der Waals surface area contributed by atoms with Gasteiger partial charge >= 0.3 is 5.97 Å². The normalized spacial score (nSPS) is 26.9. The van der Waals surface area contributed by atoms with Crippen LogP contribution >= 0.6 is 0 Å². The second-order valence-electron chi connectivity index (χ2n) is 3.98. The van der Waals surface area contributed by atoms with Crippen molar-refractivity contribution in [2.24, 2.45) is 5.73 Å². The van der Waals surface area contributed by atoms with Gasteiger partial charge in [-0.15, -0.1) is 0 Å². The molecule has 0 aromatic rings. The summed E-state index contributed by atoms with van der Waals surface area (Å²) in [5.41, 5.74) is 5.79. The van der Waals surface area contributed by atoms with Gasteiger partial charge in [0.05, 0.1) is 12.2 Å². The van der Waals surface area contributed by atoms with E-state index in [2.05, 4.69) is 0 Å². The molecule has 82 valence electrons. The van der Waals surface area contributed by atoms with Gasteiger partial charge in [0.2, 0.25) is 0 Å². The molecule has 4 heteroatoms. The molecule has 0 spiro atoms. The Balaban J connectivity index is 2.16. The lowest BCUT2D eigenvalue weighted by molar-refractivity contribution is -0.154. The Labute approximate surface area is 84.7 Å². The molecule has 1 saturated carbocycles. The van der Waals surface area contributed by atoms with Gasteiger partial charge in [-0.05, 0) is 33.1 Å². The molecule has 1 rings (SSSR count). The Bertz CT molecular complexity index is 194. The van der Waals surface area contributed by atoms with E-state index in [1.807, 2.05) is 13.8 Å². The lowest BCUT2D eigenvalue weighted by atomic mass is 10.2. The van der Waals surface area contributed by atoms with E-state index in [0.717, 1.165) is 19.3 Å². The second-order valence-corrected chi connectivity index (χ2v) is 3.98. The summed E-state index contributed by atoms with van der Waals surface area (Å²) < 4.78 is 10.3. The number of carbonyl (C=O) groups is 1. The highest BCUT2D eigenvalue weighted by atomic mass is 16.6. The maximum atomic E-state index is 11.1. The zero-order chi connectivity index (χ0) is 10.6. The number of esters is 1. The Kier molecular flexibility index (Phi) is 4.35. The number of rotatable bonds is 4. The number of hydrogen-bond donors (Lipinski definition) is 1. The van der Waals surface area contributed by atoms with Crippen LogP contribution in [0.3, 0.4) is 0 Å². The first-order valence-electron chi connectivity index (χ1n) is 5.16. The van der Waals surface area contributed by atoms with Crippen molar-refractivity contribution in [3.8, 4) is 0 Å². The summed E-state index contributed by atoms with van der Waals surface area (Å²) in [4.78, 5) is 11.1. The molecular formula is C10H19NO3. The maximum Gasteiger partial charge on any atom is 0.332 e. The first-order chi connectivity index (χ1) is 6.59. The standard InChI is InChI=1S/C10H19NO3/c1-7(2)14-10(12)6-13-9-5-3-4-8(9)11/h7-9H,3-6,11H2,1-2H3. The molecule has 14 heavy (non-hydrogen) atoms. The van der Waals surface area contributed by atoms with E-state index in [1.165, 1.54) is 0 Å². The van der Waals surface area contributed by atoms with E-state index in [4.69, 9.17) is 15.2 Å². The van der Waals surface area contributed by atoms with Crippen LogP contribution in [0.25, 0.3) is 0 Å². The summed E-state index contributed by atoms with van der Waals surface area (Å²) in [5, 5.41) is 0. The Morgan fingerprint density at radius 3 is 2.71 bits per heavy atom. The quantitative estimate of drug-likeness (QED) is 0.684. The highest BCUT2D eigenvalue weighted by Gasteiger charge is 2.25. The molecule has 2 atom stereocenters. The average molecular weight is 201 g/mol. The van der Waals surface area contributed by atoms with E-state index in [0.29, 0.717) is 0 Å². The Morgan fingerprint density at radius 1 is 1.50 bits per heavy atom. The molecule has 0 heterocycles. The SMILES string of the molecule is CC(C)OC(=O)COC1CCCC1N. The molecule has 0 saturated heterocycles. The van der Waals surface area contributed by atoms with Gasteiger partial charge in [-0.3, -0.25) is 0 Å². The predicted octanol–water partition coefficient (Wildman–Crippen LogP) is 0.834. The van der Waals surface area contributed by atoms with Crippen molar-refractivity contribution in [1.82, 2.24) is 0 Å². The average Bonchev–Trinajstić information content (AvgIpc) is 2.46. The van der Waals surface area contributed by atoms with Crippen LogP contribution in [-0.4, -0.2) is 30.8 Å². The van der Waals surface area contributed by atoms with Crippen LogP contribution in [0.4, 0.5) is 0 Å². The summed E-state index contributed by atoms with van der Waals surface area (Å²) in [7, 11) is 0. The van der Waals surface area contributed by atoms with Crippen molar-refractivity contribution in [3.63, 3.8) is 0 Å². The van der Waals surface area contributed by atoms with Gasteiger partial charge in [0.1, 0.15) is 6.61 Å². The van der Waals surface area contributed by atoms with Crippen molar-refractivity contribution >= 4 is 5.97 Å². The van der Waals surface area contributed by atoms with Crippen LogP contribution in [0, 0.1) is 0 Å². The smallest absolute Gasteiger partial charge is 0.332 e. The van der Waals surface area contributed by atoms with Crippen LogP contribution < -0.4 is 5.73 Å². The highest BCUT2D eigenvalue weighted by Crippen LogP contribution is 2.20.